The lowest BCUT2D eigenvalue weighted by molar-refractivity contribution is -0.0504. The summed E-state index contributed by atoms with van der Waals surface area (Å²) in [6.45, 7) is 1.16. The summed E-state index contributed by atoms with van der Waals surface area (Å²) in [5, 5.41) is 0. The van der Waals surface area contributed by atoms with E-state index >= 15 is 0 Å². The highest BCUT2D eigenvalue weighted by molar-refractivity contribution is 9.10. The van der Waals surface area contributed by atoms with E-state index < -0.39 is 6.61 Å². The number of benzene rings is 1. The fraction of sp³-hybridized carbons (Fsp3) is 0.455. The summed E-state index contributed by atoms with van der Waals surface area (Å²) < 4.78 is 29.7. The maximum absolute atomic E-state index is 12.1. The van der Waals surface area contributed by atoms with Crippen molar-refractivity contribution < 1.29 is 13.5 Å². The van der Waals surface area contributed by atoms with Crippen molar-refractivity contribution in [3.8, 4) is 5.75 Å². The molecule has 0 saturated heterocycles. The summed E-state index contributed by atoms with van der Waals surface area (Å²) in [5.74, 6) is 0.285. The molecule has 1 aromatic carbocycles. The molecule has 0 aromatic heterocycles. The van der Waals surface area contributed by atoms with E-state index in [1.54, 1.807) is 12.1 Å². The van der Waals surface area contributed by atoms with Crippen molar-refractivity contribution in [2.24, 2.45) is 0 Å². The molecule has 1 nitrogen and oxygen atoms in total. The Morgan fingerprint density at radius 2 is 1.80 bits per heavy atom. The zero-order valence-corrected chi connectivity index (χ0v) is 10.3. The number of halogens is 3. The van der Waals surface area contributed by atoms with Crippen molar-refractivity contribution in [1.82, 2.24) is 0 Å². The van der Waals surface area contributed by atoms with Crippen LogP contribution in [0.3, 0.4) is 0 Å². The van der Waals surface area contributed by atoms with Gasteiger partial charge in [-0.3, -0.25) is 0 Å². The molecule has 0 aliphatic rings. The van der Waals surface area contributed by atoms with Crippen molar-refractivity contribution >= 4 is 15.9 Å². The largest absolute Gasteiger partial charge is 0.435 e. The van der Waals surface area contributed by atoms with Gasteiger partial charge < -0.3 is 4.74 Å². The predicted molar refractivity (Wildman–Crippen MR) is 59.5 cm³/mol. The molecule has 0 aliphatic heterocycles. The molecule has 0 spiro atoms. The van der Waals surface area contributed by atoms with Crippen LogP contribution in [0.2, 0.25) is 0 Å². The van der Waals surface area contributed by atoms with Crippen LogP contribution >= 0.6 is 15.9 Å². The van der Waals surface area contributed by atoms with Gasteiger partial charge in [-0.1, -0.05) is 29.8 Å². The summed E-state index contributed by atoms with van der Waals surface area (Å²) in [6, 6.07) is 3.32. The second kappa shape index (κ2) is 5.45. The molecule has 0 N–H and O–H groups in total. The van der Waals surface area contributed by atoms with E-state index in [2.05, 4.69) is 20.7 Å². The van der Waals surface area contributed by atoms with Gasteiger partial charge in [0.2, 0.25) is 0 Å². The Bertz CT molecular complexity index is 340. The Morgan fingerprint density at radius 3 is 2.27 bits per heavy atom. The molecule has 0 radical (unpaired) electrons. The van der Waals surface area contributed by atoms with Gasteiger partial charge in [-0.25, -0.2) is 0 Å². The summed E-state index contributed by atoms with van der Waals surface area (Å²) >= 11 is 3.41. The van der Waals surface area contributed by atoms with E-state index in [0.29, 0.717) is 6.42 Å². The second-order valence-corrected chi connectivity index (χ2v) is 3.94. The second-order valence-electron chi connectivity index (χ2n) is 3.09. The first kappa shape index (κ1) is 12.4. The average molecular weight is 279 g/mol. The normalized spacial score (nSPS) is 10.8. The first-order valence-corrected chi connectivity index (χ1v) is 5.64. The standard InChI is InChI=1S/C11H13BrF2O/c1-3-7-8(4-2)10(15-11(13)14)6-5-9(7)12/h5-6,11H,3-4H2,1-2H3. The number of ether oxygens (including phenoxy) is 1. The minimum atomic E-state index is -2.76. The molecule has 0 fully saturated rings. The van der Waals surface area contributed by atoms with E-state index in [1.165, 1.54) is 0 Å². The third-order valence-electron chi connectivity index (χ3n) is 2.25. The quantitative estimate of drug-likeness (QED) is 0.803. The number of rotatable bonds is 4. The Labute approximate surface area is 96.6 Å². The minimum absolute atomic E-state index is 0.285. The van der Waals surface area contributed by atoms with Gasteiger partial charge in [0.15, 0.2) is 0 Å². The van der Waals surface area contributed by atoms with Gasteiger partial charge in [0.05, 0.1) is 0 Å². The van der Waals surface area contributed by atoms with E-state index in [9.17, 15) is 8.78 Å². The van der Waals surface area contributed by atoms with E-state index in [4.69, 9.17) is 0 Å². The molecule has 0 bridgehead atoms. The van der Waals surface area contributed by atoms with E-state index in [-0.39, 0.29) is 5.75 Å². The highest BCUT2D eigenvalue weighted by Crippen LogP contribution is 2.30. The minimum Gasteiger partial charge on any atom is -0.435 e. The zero-order valence-electron chi connectivity index (χ0n) is 8.69. The van der Waals surface area contributed by atoms with E-state index in [0.717, 1.165) is 22.0 Å². The van der Waals surface area contributed by atoms with Crippen molar-refractivity contribution in [3.63, 3.8) is 0 Å². The first-order chi connectivity index (χ1) is 7.10. The first-order valence-electron chi connectivity index (χ1n) is 4.85. The molecule has 0 aliphatic carbocycles. The van der Waals surface area contributed by atoms with Crippen molar-refractivity contribution in [3.05, 3.63) is 27.7 Å². The van der Waals surface area contributed by atoms with Crippen LogP contribution in [-0.2, 0) is 12.8 Å². The summed E-state index contributed by atoms with van der Waals surface area (Å²) in [4.78, 5) is 0. The lowest BCUT2D eigenvalue weighted by atomic mass is 10.0. The van der Waals surface area contributed by atoms with Crippen LogP contribution in [0.1, 0.15) is 25.0 Å². The zero-order chi connectivity index (χ0) is 11.4. The Hall–Kier alpha value is -0.640. The molecule has 84 valence electrons. The molecular weight excluding hydrogens is 266 g/mol. The maximum atomic E-state index is 12.1. The summed E-state index contributed by atoms with van der Waals surface area (Å²) in [5.41, 5.74) is 1.89. The molecule has 0 unspecified atom stereocenters. The summed E-state index contributed by atoms with van der Waals surface area (Å²) in [6.07, 6.45) is 1.48. The highest BCUT2D eigenvalue weighted by atomic mass is 79.9. The Balaban J connectivity index is 3.16. The van der Waals surface area contributed by atoms with Crippen LogP contribution in [0.5, 0.6) is 5.75 Å². The smallest absolute Gasteiger partial charge is 0.387 e. The van der Waals surface area contributed by atoms with Gasteiger partial charge in [0, 0.05) is 4.47 Å². The van der Waals surface area contributed by atoms with Gasteiger partial charge in [0.1, 0.15) is 5.75 Å². The molecular formula is C11H13BrF2O. The van der Waals surface area contributed by atoms with Gasteiger partial charge in [-0.05, 0) is 36.1 Å². The number of hydrogen-bond donors (Lipinski definition) is 0. The van der Waals surface area contributed by atoms with E-state index in [1.807, 2.05) is 13.8 Å². The average Bonchev–Trinajstić information content (AvgIpc) is 2.19. The van der Waals surface area contributed by atoms with Crippen LogP contribution < -0.4 is 4.74 Å². The fourth-order valence-electron chi connectivity index (χ4n) is 1.62. The van der Waals surface area contributed by atoms with Crippen LogP contribution in [0.25, 0.3) is 0 Å². The van der Waals surface area contributed by atoms with Crippen LogP contribution in [0, 0.1) is 0 Å². The van der Waals surface area contributed by atoms with Crippen LogP contribution in [-0.4, -0.2) is 6.61 Å². The van der Waals surface area contributed by atoms with Crippen LogP contribution in [0.15, 0.2) is 16.6 Å². The molecule has 0 amide bonds. The maximum Gasteiger partial charge on any atom is 0.387 e. The lowest BCUT2D eigenvalue weighted by Gasteiger charge is -2.14. The third kappa shape index (κ3) is 2.91. The summed E-state index contributed by atoms with van der Waals surface area (Å²) in [7, 11) is 0. The molecule has 1 rings (SSSR count). The van der Waals surface area contributed by atoms with Gasteiger partial charge in [-0.15, -0.1) is 0 Å². The number of hydrogen-bond acceptors (Lipinski definition) is 1. The molecule has 0 heterocycles. The van der Waals surface area contributed by atoms with Crippen molar-refractivity contribution in [1.29, 1.82) is 0 Å². The van der Waals surface area contributed by atoms with Crippen LogP contribution in [0.4, 0.5) is 8.78 Å². The molecule has 15 heavy (non-hydrogen) atoms. The number of alkyl halides is 2. The third-order valence-corrected chi connectivity index (χ3v) is 3.00. The monoisotopic (exact) mass is 278 g/mol. The van der Waals surface area contributed by atoms with Gasteiger partial charge in [-0.2, -0.15) is 8.78 Å². The Morgan fingerprint density at radius 1 is 1.20 bits per heavy atom. The lowest BCUT2D eigenvalue weighted by Crippen LogP contribution is -2.06. The topological polar surface area (TPSA) is 9.23 Å². The van der Waals surface area contributed by atoms with Crippen molar-refractivity contribution in [2.75, 3.05) is 0 Å². The van der Waals surface area contributed by atoms with Crippen molar-refractivity contribution in [2.45, 2.75) is 33.3 Å². The molecule has 1 aromatic rings. The van der Waals surface area contributed by atoms with Gasteiger partial charge in [0.25, 0.3) is 0 Å². The molecule has 4 heteroatoms. The molecule has 0 atom stereocenters. The van der Waals surface area contributed by atoms with Gasteiger partial charge >= 0.3 is 6.61 Å². The Kier molecular flexibility index (Phi) is 4.51. The fourth-order valence-corrected chi connectivity index (χ4v) is 2.27. The highest BCUT2D eigenvalue weighted by Gasteiger charge is 2.13. The SMILES string of the molecule is CCc1c(Br)ccc(OC(F)F)c1CC. The predicted octanol–water partition coefficient (Wildman–Crippen LogP) is 4.18. The molecule has 0 saturated carbocycles.